The molecule has 2 aromatic heterocycles. The molecule has 0 saturated heterocycles. The van der Waals surface area contributed by atoms with Crippen molar-refractivity contribution >= 4 is 0 Å². The molecule has 4 aromatic rings. The summed E-state index contributed by atoms with van der Waals surface area (Å²) in [6, 6.07) is 25.7. The average molecular weight is 592 g/mol. The van der Waals surface area contributed by atoms with Crippen molar-refractivity contribution in [3.05, 3.63) is 102 Å². The van der Waals surface area contributed by atoms with Crippen LogP contribution in [0, 0.1) is 26.0 Å². The average Bonchev–Trinajstić information content (AvgIpc) is 2.80. The summed E-state index contributed by atoms with van der Waals surface area (Å²) in [4.78, 5) is 8.52. The molecule has 0 amide bonds. The Labute approximate surface area is 198 Å². The topological polar surface area (TPSA) is 55.2 Å². The first kappa shape index (κ1) is 24.5. The van der Waals surface area contributed by atoms with Gasteiger partial charge in [-0.2, -0.15) is 0 Å². The van der Waals surface area contributed by atoms with Gasteiger partial charge in [0.15, 0.2) is 0 Å². The van der Waals surface area contributed by atoms with Crippen molar-refractivity contribution in [3.63, 3.8) is 0 Å². The van der Waals surface area contributed by atoms with Crippen molar-refractivity contribution in [1.82, 2.24) is 9.97 Å². The van der Waals surface area contributed by atoms with Crippen LogP contribution in [-0.4, -0.2) is 22.2 Å². The molecule has 0 spiro atoms. The van der Waals surface area contributed by atoms with Crippen LogP contribution in [0.2, 0.25) is 0 Å². The first-order valence-corrected chi connectivity index (χ1v) is 9.62. The summed E-state index contributed by atoms with van der Waals surface area (Å²) in [5.41, 5.74) is 6.92. The maximum absolute atomic E-state index is 9.02. The molecule has 5 heteroatoms. The Kier molecular flexibility index (Phi) is 9.58. The van der Waals surface area contributed by atoms with Gasteiger partial charge in [-0.25, -0.2) is 0 Å². The van der Waals surface area contributed by atoms with Crippen molar-refractivity contribution in [2.24, 2.45) is 0 Å². The molecule has 160 valence electrons. The number of aryl methyl sites for hydroxylation is 2. The van der Waals surface area contributed by atoms with Crippen LogP contribution in [0.4, 0.5) is 0 Å². The van der Waals surface area contributed by atoms with Crippen molar-refractivity contribution in [2.45, 2.75) is 20.5 Å². The molecule has 31 heavy (non-hydrogen) atoms. The van der Waals surface area contributed by atoms with Crippen molar-refractivity contribution < 1.29 is 30.9 Å². The molecule has 0 aliphatic heterocycles. The predicted octanol–water partition coefficient (Wildman–Crippen LogP) is 5.21. The SMILES string of the molecule is COc1ccnc(-c2[c-]cc(C)cc2)c1.Cc1c[c-]c(-c2cc(CO)ccn2)cc1.[Pt+2]. The Morgan fingerprint density at radius 1 is 0.806 bits per heavy atom. The van der Waals surface area contributed by atoms with Crippen molar-refractivity contribution in [1.29, 1.82) is 0 Å². The minimum atomic E-state index is 0. The van der Waals surface area contributed by atoms with Crippen LogP contribution in [0.25, 0.3) is 22.5 Å². The number of aromatic nitrogens is 2. The third-order valence-corrected chi connectivity index (χ3v) is 4.46. The Balaban J connectivity index is 0.000000213. The van der Waals surface area contributed by atoms with E-state index in [-0.39, 0.29) is 27.7 Å². The largest absolute Gasteiger partial charge is 2.00 e. The van der Waals surface area contributed by atoms with Crippen molar-refractivity contribution in [2.75, 3.05) is 7.11 Å². The van der Waals surface area contributed by atoms with E-state index >= 15 is 0 Å². The van der Waals surface area contributed by atoms with Gasteiger partial charge < -0.3 is 19.8 Å². The third-order valence-electron chi connectivity index (χ3n) is 4.46. The van der Waals surface area contributed by atoms with E-state index < -0.39 is 0 Å². The second-order valence-corrected chi connectivity index (χ2v) is 6.85. The zero-order chi connectivity index (χ0) is 21.3. The Morgan fingerprint density at radius 3 is 1.84 bits per heavy atom. The Hall–Kier alpha value is -2.81. The molecular weight excluding hydrogens is 567 g/mol. The number of nitrogens with zero attached hydrogens (tertiary/aromatic N) is 2. The molecule has 4 rings (SSSR count). The number of hydrogen-bond acceptors (Lipinski definition) is 4. The standard InChI is InChI=1S/2C13H12NO.Pt/c1-10-3-5-11(6-4-10)13-9-12(15-2)7-8-14-13;1-10-2-4-12(5-3-10)13-8-11(9-15)6-7-14-13;/h3-5,7-9H,1-2H3;2-4,6-8,15H,9H2,1H3;/q2*-1;+2. The van der Waals surface area contributed by atoms with Crippen LogP contribution < -0.4 is 4.74 Å². The Morgan fingerprint density at radius 2 is 1.35 bits per heavy atom. The summed E-state index contributed by atoms with van der Waals surface area (Å²) in [5, 5.41) is 9.02. The van der Waals surface area contributed by atoms with E-state index in [0.29, 0.717) is 0 Å². The molecule has 0 bridgehead atoms. The fourth-order valence-electron chi connectivity index (χ4n) is 2.73. The summed E-state index contributed by atoms with van der Waals surface area (Å²) in [6.07, 6.45) is 3.44. The normalized spacial score (nSPS) is 9.81. The fraction of sp³-hybridized carbons (Fsp3) is 0.154. The van der Waals surface area contributed by atoms with Crippen LogP contribution in [0.15, 0.2) is 73.1 Å². The number of hydrogen-bond donors (Lipinski definition) is 1. The van der Waals surface area contributed by atoms with Crippen LogP contribution in [0.5, 0.6) is 5.75 Å². The number of aliphatic hydroxyl groups is 1. The van der Waals surface area contributed by atoms with Gasteiger partial charge in [0.2, 0.25) is 0 Å². The second kappa shape index (κ2) is 12.1. The number of methoxy groups -OCH3 is 1. The third kappa shape index (κ3) is 7.13. The number of benzene rings is 2. The van der Waals surface area contributed by atoms with E-state index in [4.69, 9.17) is 9.84 Å². The predicted molar refractivity (Wildman–Crippen MR) is 119 cm³/mol. The molecular formula is C26H24N2O2Pt. The molecule has 0 aliphatic carbocycles. The van der Waals surface area contributed by atoms with Crippen LogP contribution in [0.1, 0.15) is 16.7 Å². The smallest absolute Gasteiger partial charge is 0.497 e. The molecule has 2 heterocycles. The van der Waals surface area contributed by atoms with Gasteiger partial charge in [-0.15, -0.1) is 70.8 Å². The van der Waals surface area contributed by atoms with Gasteiger partial charge in [-0.05, 0) is 35.2 Å². The van der Waals surface area contributed by atoms with Crippen LogP contribution in [-0.2, 0) is 27.7 Å². The summed E-state index contributed by atoms with van der Waals surface area (Å²) in [6.45, 7) is 4.11. The molecule has 1 N–H and O–H groups in total. The van der Waals surface area contributed by atoms with E-state index in [1.165, 1.54) is 11.1 Å². The van der Waals surface area contributed by atoms with Crippen LogP contribution in [0.3, 0.4) is 0 Å². The van der Waals surface area contributed by atoms with Crippen LogP contribution >= 0.6 is 0 Å². The maximum Gasteiger partial charge on any atom is 2.00 e. The minimum Gasteiger partial charge on any atom is -0.497 e. The van der Waals surface area contributed by atoms with E-state index in [1.807, 2.05) is 68.4 Å². The monoisotopic (exact) mass is 591 g/mol. The molecule has 4 nitrogen and oxygen atoms in total. The van der Waals surface area contributed by atoms with Gasteiger partial charge in [0, 0.05) is 12.4 Å². The first-order valence-electron chi connectivity index (χ1n) is 9.62. The molecule has 0 fully saturated rings. The quantitative estimate of drug-likeness (QED) is 0.331. The molecule has 0 radical (unpaired) electrons. The number of rotatable bonds is 4. The summed E-state index contributed by atoms with van der Waals surface area (Å²) >= 11 is 0. The Bertz CT molecular complexity index is 992. The zero-order valence-electron chi connectivity index (χ0n) is 17.7. The van der Waals surface area contributed by atoms with E-state index in [1.54, 1.807) is 25.6 Å². The van der Waals surface area contributed by atoms with E-state index in [2.05, 4.69) is 22.1 Å². The molecule has 0 saturated carbocycles. The number of pyridine rings is 2. The van der Waals surface area contributed by atoms with Gasteiger partial charge in [0.25, 0.3) is 0 Å². The molecule has 2 aromatic carbocycles. The first-order chi connectivity index (χ1) is 14.6. The number of ether oxygens (including phenoxy) is 1. The van der Waals surface area contributed by atoms with Gasteiger partial charge >= 0.3 is 21.1 Å². The van der Waals surface area contributed by atoms with Gasteiger partial charge in [-0.3, -0.25) is 0 Å². The maximum atomic E-state index is 9.02. The summed E-state index contributed by atoms with van der Waals surface area (Å²) < 4.78 is 5.15. The van der Waals surface area contributed by atoms with Crippen molar-refractivity contribution in [3.8, 4) is 28.3 Å². The molecule has 0 atom stereocenters. The fourth-order valence-corrected chi connectivity index (χ4v) is 2.73. The van der Waals surface area contributed by atoms with Gasteiger partial charge in [0.05, 0.1) is 13.7 Å². The zero-order valence-corrected chi connectivity index (χ0v) is 20.0. The van der Waals surface area contributed by atoms with E-state index in [0.717, 1.165) is 33.8 Å². The minimum absolute atomic E-state index is 0. The van der Waals surface area contributed by atoms with Gasteiger partial charge in [-0.1, -0.05) is 19.9 Å². The molecule has 0 unspecified atom stereocenters. The second-order valence-electron chi connectivity index (χ2n) is 6.85. The molecule has 0 aliphatic rings. The summed E-state index contributed by atoms with van der Waals surface area (Å²) in [5.74, 6) is 0.814. The van der Waals surface area contributed by atoms with Gasteiger partial charge in [0.1, 0.15) is 5.75 Å². The summed E-state index contributed by atoms with van der Waals surface area (Å²) in [7, 11) is 1.65. The van der Waals surface area contributed by atoms with E-state index in [9.17, 15) is 0 Å². The number of aliphatic hydroxyl groups excluding tert-OH is 1.